The first kappa shape index (κ1) is 28.4. The Balaban J connectivity index is 1.51. The maximum atomic E-state index is 12.5. The molecule has 3 rings (SSSR count). The molecule has 0 fully saturated rings. The molecule has 3 aromatic rings. The predicted octanol–water partition coefficient (Wildman–Crippen LogP) is 5.02. The maximum absolute atomic E-state index is 12.5. The second-order valence-electron chi connectivity index (χ2n) is 7.95. The zero-order chi connectivity index (χ0) is 28.2. The topological polar surface area (TPSA) is 114 Å². The molecule has 9 nitrogen and oxygen atoms in total. The maximum Gasteiger partial charge on any atom is 0.343 e. The Bertz CT molecular complexity index is 1360. The Morgan fingerprint density at radius 3 is 1.82 bits per heavy atom. The second kappa shape index (κ2) is 13.9. The van der Waals surface area contributed by atoms with Crippen LogP contribution in [-0.2, 0) is 14.3 Å². The number of aryl methyl sites for hydroxylation is 1. The van der Waals surface area contributed by atoms with E-state index in [2.05, 4.69) is 13.2 Å². The minimum absolute atomic E-state index is 0.217. The van der Waals surface area contributed by atoms with Gasteiger partial charge in [0.1, 0.15) is 23.0 Å². The van der Waals surface area contributed by atoms with Gasteiger partial charge in [-0.2, -0.15) is 0 Å². The van der Waals surface area contributed by atoms with E-state index in [4.69, 9.17) is 23.7 Å². The van der Waals surface area contributed by atoms with Crippen molar-refractivity contribution in [2.75, 3.05) is 13.2 Å². The SMILES string of the molecule is C=CC(=O)OCCCOc1ccc(C(=O)Oc2ccc(OC(=O)c3ccc(OC(=O)C=C)cc3)c(C)c2)cc1. The third-order valence-electron chi connectivity index (χ3n) is 5.09. The molecule has 0 N–H and O–H groups in total. The molecular weight excluding hydrogens is 504 g/mol. The van der Waals surface area contributed by atoms with Crippen molar-refractivity contribution in [2.45, 2.75) is 13.3 Å². The fraction of sp³-hybridized carbons (Fsp3) is 0.133. The van der Waals surface area contributed by atoms with Gasteiger partial charge in [-0.05, 0) is 79.2 Å². The van der Waals surface area contributed by atoms with E-state index in [0.717, 1.165) is 12.2 Å². The highest BCUT2D eigenvalue weighted by molar-refractivity contribution is 5.92. The lowest BCUT2D eigenvalue weighted by Crippen LogP contribution is -2.11. The molecule has 9 heteroatoms. The second-order valence-corrected chi connectivity index (χ2v) is 7.95. The van der Waals surface area contributed by atoms with E-state index in [1.165, 1.54) is 36.4 Å². The summed E-state index contributed by atoms with van der Waals surface area (Å²) < 4.78 is 26.3. The predicted molar refractivity (Wildman–Crippen MR) is 141 cm³/mol. The van der Waals surface area contributed by atoms with Crippen molar-refractivity contribution in [3.8, 4) is 23.0 Å². The van der Waals surface area contributed by atoms with Crippen LogP contribution in [-0.4, -0.2) is 37.1 Å². The molecule has 0 amide bonds. The van der Waals surface area contributed by atoms with Crippen LogP contribution in [0.3, 0.4) is 0 Å². The summed E-state index contributed by atoms with van der Waals surface area (Å²) in [6, 6.07) is 16.9. The van der Waals surface area contributed by atoms with Crippen molar-refractivity contribution in [2.24, 2.45) is 0 Å². The quantitative estimate of drug-likeness (QED) is 0.138. The number of carbonyl (C=O) groups is 4. The number of esters is 4. The van der Waals surface area contributed by atoms with E-state index in [9.17, 15) is 19.2 Å². The van der Waals surface area contributed by atoms with E-state index in [1.807, 2.05) is 0 Å². The zero-order valence-corrected chi connectivity index (χ0v) is 21.2. The first-order chi connectivity index (χ1) is 18.8. The van der Waals surface area contributed by atoms with E-state index < -0.39 is 23.9 Å². The fourth-order valence-corrected chi connectivity index (χ4v) is 3.11. The lowest BCUT2D eigenvalue weighted by molar-refractivity contribution is -0.138. The Hall–Kier alpha value is -5.18. The smallest absolute Gasteiger partial charge is 0.343 e. The highest BCUT2D eigenvalue weighted by Gasteiger charge is 2.14. The molecule has 0 aliphatic rings. The van der Waals surface area contributed by atoms with Crippen molar-refractivity contribution in [3.05, 3.63) is 109 Å². The summed E-state index contributed by atoms with van der Waals surface area (Å²) in [5.74, 6) is -0.876. The monoisotopic (exact) mass is 530 g/mol. The van der Waals surface area contributed by atoms with Gasteiger partial charge in [0, 0.05) is 18.6 Å². The minimum atomic E-state index is -0.607. The Morgan fingerprint density at radius 2 is 1.23 bits per heavy atom. The number of rotatable bonds is 12. The van der Waals surface area contributed by atoms with Crippen molar-refractivity contribution < 1.29 is 42.9 Å². The standard InChI is InChI=1S/C30H26O9/c1-4-27(31)36-18-6-17-35-23-11-7-21(8-12-23)29(33)38-25-15-16-26(20(3)19-25)39-30(34)22-9-13-24(14-10-22)37-28(32)5-2/h4-5,7-16,19H,1-2,6,17-18H2,3H3. The number of benzene rings is 3. The van der Waals surface area contributed by atoms with Crippen LogP contribution < -0.4 is 18.9 Å². The van der Waals surface area contributed by atoms with Gasteiger partial charge in [-0.25, -0.2) is 19.2 Å². The van der Waals surface area contributed by atoms with E-state index >= 15 is 0 Å². The molecule has 200 valence electrons. The number of ether oxygens (including phenoxy) is 5. The number of carbonyl (C=O) groups excluding carboxylic acids is 4. The number of hydrogen-bond donors (Lipinski definition) is 0. The summed E-state index contributed by atoms with van der Waals surface area (Å²) in [6.07, 6.45) is 2.64. The molecule has 0 saturated heterocycles. The Labute approximate surface area is 225 Å². The van der Waals surface area contributed by atoms with Gasteiger partial charge in [0.05, 0.1) is 24.3 Å². The van der Waals surface area contributed by atoms with Crippen LogP contribution in [0, 0.1) is 6.92 Å². The van der Waals surface area contributed by atoms with Crippen LogP contribution in [0.5, 0.6) is 23.0 Å². The van der Waals surface area contributed by atoms with E-state index in [0.29, 0.717) is 35.7 Å². The molecular formula is C30H26O9. The molecule has 3 aromatic carbocycles. The van der Waals surface area contributed by atoms with Crippen molar-refractivity contribution in [1.29, 1.82) is 0 Å². The van der Waals surface area contributed by atoms with Crippen LogP contribution in [0.1, 0.15) is 32.7 Å². The van der Waals surface area contributed by atoms with Gasteiger partial charge in [-0.3, -0.25) is 0 Å². The van der Waals surface area contributed by atoms with Gasteiger partial charge in [-0.1, -0.05) is 13.2 Å². The molecule has 0 spiro atoms. The molecule has 0 heterocycles. The zero-order valence-electron chi connectivity index (χ0n) is 21.2. The average molecular weight is 531 g/mol. The largest absolute Gasteiger partial charge is 0.493 e. The molecule has 0 saturated carbocycles. The van der Waals surface area contributed by atoms with Crippen molar-refractivity contribution >= 4 is 23.9 Å². The van der Waals surface area contributed by atoms with E-state index in [1.54, 1.807) is 37.3 Å². The lowest BCUT2D eigenvalue weighted by Gasteiger charge is -2.11. The highest BCUT2D eigenvalue weighted by Crippen LogP contribution is 2.25. The van der Waals surface area contributed by atoms with Gasteiger partial charge < -0.3 is 23.7 Å². The summed E-state index contributed by atoms with van der Waals surface area (Å²) in [7, 11) is 0. The van der Waals surface area contributed by atoms with Crippen LogP contribution in [0.25, 0.3) is 0 Å². The molecule has 39 heavy (non-hydrogen) atoms. The molecule has 0 aliphatic carbocycles. The van der Waals surface area contributed by atoms with Crippen molar-refractivity contribution in [1.82, 2.24) is 0 Å². The first-order valence-corrected chi connectivity index (χ1v) is 11.8. The third kappa shape index (κ3) is 8.71. The Morgan fingerprint density at radius 1 is 0.667 bits per heavy atom. The highest BCUT2D eigenvalue weighted by atomic mass is 16.5. The summed E-state index contributed by atoms with van der Waals surface area (Å²) in [5.41, 5.74) is 1.15. The van der Waals surface area contributed by atoms with Gasteiger partial charge in [0.15, 0.2) is 0 Å². The minimum Gasteiger partial charge on any atom is -0.493 e. The lowest BCUT2D eigenvalue weighted by atomic mass is 10.2. The Kier molecular flexibility index (Phi) is 10.2. The van der Waals surface area contributed by atoms with Crippen molar-refractivity contribution in [3.63, 3.8) is 0 Å². The summed E-state index contributed by atoms with van der Waals surface area (Å²) in [4.78, 5) is 47.3. The van der Waals surface area contributed by atoms with Gasteiger partial charge in [0.25, 0.3) is 0 Å². The van der Waals surface area contributed by atoms with Crippen LogP contribution in [0.4, 0.5) is 0 Å². The van der Waals surface area contributed by atoms with Gasteiger partial charge >= 0.3 is 23.9 Å². The number of hydrogen-bond acceptors (Lipinski definition) is 9. The van der Waals surface area contributed by atoms with E-state index in [-0.39, 0.29) is 23.7 Å². The molecule has 0 aromatic heterocycles. The summed E-state index contributed by atoms with van der Waals surface area (Å²) >= 11 is 0. The third-order valence-corrected chi connectivity index (χ3v) is 5.09. The molecule has 0 unspecified atom stereocenters. The van der Waals surface area contributed by atoms with Crippen LogP contribution >= 0.6 is 0 Å². The van der Waals surface area contributed by atoms with Crippen LogP contribution in [0.2, 0.25) is 0 Å². The normalized spacial score (nSPS) is 10.1. The first-order valence-electron chi connectivity index (χ1n) is 11.8. The summed E-state index contributed by atoms with van der Waals surface area (Å²) in [5, 5.41) is 0. The van der Waals surface area contributed by atoms with Gasteiger partial charge in [-0.15, -0.1) is 0 Å². The molecule has 0 aliphatic heterocycles. The fourth-order valence-electron chi connectivity index (χ4n) is 3.11. The van der Waals surface area contributed by atoms with Gasteiger partial charge in [0.2, 0.25) is 0 Å². The average Bonchev–Trinajstić information content (AvgIpc) is 2.94. The molecule has 0 radical (unpaired) electrons. The molecule has 0 bridgehead atoms. The molecule has 0 atom stereocenters. The summed E-state index contributed by atoms with van der Waals surface area (Å²) in [6.45, 7) is 8.91. The van der Waals surface area contributed by atoms with Crippen LogP contribution in [0.15, 0.2) is 92.0 Å².